The zero-order valence-electron chi connectivity index (χ0n) is 21.8. The van der Waals surface area contributed by atoms with E-state index in [4.69, 9.17) is 5.73 Å². The topological polar surface area (TPSA) is 170 Å². The first kappa shape index (κ1) is 26.6. The molecule has 0 aromatic heterocycles. The van der Waals surface area contributed by atoms with Gasteiger partial charge in [0.2, 0.25) is 5.78 Å². The highest BCUT2D eigenvalue weighted by Gasteiger charge is 2.64. The summed E-state index contributed by atoms with van der Waals surface area (Å²) < 4.78 is 0. The number of rotatable bonds is 6. The van der Waals surface area contributed by atoms with Gasteiger partial charge in [0, 0.05) is 30.5 Å². The first-order valence-electron chi connectivity index (χ1n) is 13.0. The number of amides is 1. The second-order valence-electron chi connectivity index (χ2n) is 11.0. The molecule has 9 heteroatoms. The normalized spacial score (nSPS) is 26.4. The van der Waals surface area contributed by atoms with Crippen molar-refractivity contribution in [2.75, 3.05) is 0 Å². The molecule has 9 nitrogen and oxygen atoms in total. The third-order valence-electron chi connectivity index (χ3n) is 8.44. The van der Waals surface area contributed by atoms with Crippen LogP contribution in [0.3, 0.4) is 0 Å². The Labute approximate surface area is 225 Å². The van der Waals surface area contributed by atoms with E-state index >= 15 is 0 Å². The van der Waals surface area contributed by atoms with Crippen LogP contribution in [0.5, 0.6) is 5.75 Å². The number of carbonyl (C=O) groups excluding carboxylic acids is 3. The highest BCUT2D eigenvalue weighted by molar-refractivity contribution is 6.23. The van der Waals surface area contributed by atoms with Gasteiger partial charge in [-0.2, -0.15) is 0 Å². The molecule has 1 amide bonds. The summed E-state index contributed by atoms with van der Waals surface area (Å²) >= 11 is 0. The predicted octanol–water partition coefficient (Wildman–Crippen LogP) is 2.60. The van der Waals surface area contributed by atoms with Crippen molar-refractivity contribution < 1.29 is 34.8 Å². The zero-order chi connectivity index (χ0) is 28.2. The maximum absolute atomic E-state index is 13.9. The number of Topliss-reactive ketones (excluding diaryl/α,β-unsaturated/α-hetero) is 2. The molecule has 0 radical (unpaired) electrons. The highest BCUT2D eigenvalue weighted by Crippen LogP contribution is 2.54. The van der Waals surface area contributed by atoms with Crippen LogP contribution in [-0.4, -0.2) is 43.5 Å². The summed E-state index contributed by atoms with van der Waals surface area (Å²) in [4.78, 5) is 39.2. The molecule has 0 unspecified atom stereocenters. The minimum Gasteiger partial charge on any atom is -0.508 e. The lowest BCUT2D eigenvalue weighted by atomic mass is 9.54. The Morgan fingerprint density at radius 2 is 1.77 bits per heavy atom. The average Bonchev–Trinajstić information content (AvgIpc) is 2.87. The Kier molecular flexibility index (Phi) is 6.60. The Bertz CT molecular complexity index is 1440. The molecule has 39 heavy (non-hydrogen) atoms. The van der Waals surface area contributed by atoms with Gasteiger partial charge in [-0.15, -0.1) is 0 Å². The molecule has 1 fully saturated rings. The van der Waals surface area contributed by atoms with Crippen molar-refractivity contribution in [3.05, 3.63) is 81.6 Å². The van der Waals surface area contributed by atoms with Crippen LogP contribution < -0.4 is 11.1 Å². The SMILES string of the molecule is CC(C)[C@@H]1C(=O)C(C(N)=O)=C(O)[C@@]2(O)C(=O)C3=C(O)c4c(O)ccc(CNCc5ccccc5)c4C[C@H]3C[C@@H]12. The fourth-order valence-electron chi connectivity index (χ4n) is 6.65. The second kappa shape index (κ2) is 9.66. The number of nitrogens with two attached hydrogens (primary N) is 1. The van der Waals surface area contributed by atoms with E-state index in [1.54, 1.807) is 19.9 Å². The van der Waals surface area contributed by atoms with Gasteiger partial charge in [0.1, 0.15) is 22.8 Å². The van der Waals surface area contributed by atoms with Gasteiger partial charge in [0.25, 0.3) is 5.91 Å². The van der Waals surface area contributed by atoms with Crippen molar-refractivity contribution in [1.82, 2.24) is 5.32 Å². The first-order chi connectivity index (χ1) is 18.5. The fourth-order valence-corrected chi connectivity index (χ4v) is 6.65. The molecule has 0 bridgehead atoms. The van der Waals surface area contributed by atoms with Crippen molar-refractivity contribution >= 4 is 23.2 Å². The maximum atomic E-state index is 13.9. The van der Waals surface area contributed by atoms with E-state index in [2.05, 4.69) is 5.32 Å². The van der Waals surface area contributed by atoms with Crippen LogP contribution in [0.15, 0.2) is 59.4 Å². The van der Waals surface area contributed by atoms with E-state index in [0.29, 0.717) is 18.7 Å². The van der Waals surface area contributed by atoms with Crippen LogP contribution in [-0.2, 0) is 33.9 Å². The minimum atomic E-state index is -2.60. The molecule has 0 saturated heterocycles. The number of phenolic OH excluding ortho intramolecular Hbond substituents is 1. The molecule has 3 aliphatic carbocycles. The standard InChI is InChI=1S/C30H32N2O7/c1-14(2)21-19-11-17-10-18-16(13-32-12-15-6-4-3-5-7-15)8-9-20(33)23(18)26(35)22(17)27(36)30(19,39)28(37)24(25(21)34)29(31)38/h3-9,14,17,19,21,32-33,35,37,39H,10-13H2,1-2H3,(H2,31,38)/t17-,19-,21-,30-/m0/s1. The number of aliphatic hydroxyl groups excluding tert-OH is 2. The summed E-state index contributed by atoms with van der Waals surface area (Å²) in [5, 5.41) is 48.0. The summed E-state index contributed by atoms with van der Waals surface area (Å²) in [6, 6.07) is 13.0. The average molecular weight is 533 g/mol. The Morgan fingerprint density at radius 1 is 1.08 bits per heavy atom. The Hall–Kier alpha value is -3.95. The third-order valence-corrected chi connectivity index (χ3v) is 8.44. The molecule has 2 aromatic carbocycles. The van der Waals surface area contributed by atoms with Crippen LogP contribution in [0.4, 0.5) is 0 Å². The molecule has 7 N–H and O–H groups in total. The van der Waals surface area contributed by atoms with Crippen LogP contribution in [0, 0.1) is 23.7 Å². The van der Waals surface area contributed by atoms with Crippen molar-refractivity contribution in [3.8, 4) is 5.75 Å². The summed E-state index contributed by atoms with van der Waals surface area (Å²) in [7, 11) is 0. The largest absolute Gasteiger partial charge is 0.508 e. The van der Waals surface area contributed by atoms with Crippen molar-refractivity contribution in [3.63, 3.8) is 0 Å². The lowest BCUT2D eigenvalue weighted by Crippen LogP contribution is -2.62. The van der Waals surface area contributed by atoms with Gasteiger partial charge < -0.3 is 31.5 Å². The van der Waals surface area contributed by atoms with Gasteiger partial charge in [-0.05, 0) is 47.4 Å². The molecule has 0 heterocycles. The molecule has 204 valence electrons. The zero-order valence-corrected chi connectivity index (χ0v) is 21.8. The smallest absolute Gasteiger partial charge is 0.255 e. The first-order valence-corrected chi connectivity index (χ1v) is 13.0. The van der Waals surface area contributed by atoms with Crippen LogP contribution in [0.2, 0.25) is 0 Å². The molecule has 4 atom stereocenters. The minimum absolute atomic E-state index is 0.0955. The predicted molar refractivity (Wildman–Crippen MR) is 142 cm³/mol. The summed E-state index contributed by atoms with van der Waals surface area (Å²) in [5.41, 5.74) is 4.53. The molecule has 3 aliphatic rings. The van der Waals surface area contributed by atoms with E-state index in [0.717, 1.165) is 11.1 Å². The van der Waals surface area contributed by atoms with E-state index in [1.165, 1.54) is 6.07 Å². The molecule has 5 rings (SSSR count). The molecular weight excluding hydrogens is 500 g/mol. The van der Waals surface area contributed by atoms with Gasteiger partial charge in [-0.25, -0.2) is 0 Å². The van der Waals surface area contributed by atoms with Crippen LogP contribution in [0.1, 0.15) is 42.5 Å². The van der Waals surface area contributed by atoms with Crippen LogP contribution >= 0.6 is 0 Å². The fraction of sp³-hybridized carbons (Fsp3) is 0.367. The molecule has 2 aromatic rings. The summed E-state index contributed by atoms with van der Waals surface area (Å²) in [6.07, 6.45) is 0.369. The molecule has 0 spiro atoms. The molecular formula is C30H32N2O7. The van der Waals surface area contributed by atoms with Gasteiger partial charge >= 0.3 is 0 Å². The number of aromatic hydroxyl groups is 1. The van der Waals surface area contributed by atoms with Gasteiger partial charge in [-0.3, -0.25) is 14.4 Å². The third kappa shape index (κ3) is 4.04. The Balaban J connectivity index is 1.58. The highest BCUT2D eigenvalue weighted by atomic mass is 16.3. The van der Waals surface area contributed by atoms with E-state index in [1.807, 2.05) is 30.3 Å². The van der Waals surface area contributed by atoms with Gasteiger partial charge in [0.05, 0.1) is 5.56 Å². The number of benzene rings is 2. The maximum Gasteiger partial charge on any atom is 0.255 e. The number of primary amides is 1. The number of hydrogen-bond donors (Lipinski definition) is 6. The second-order valence-corrected chi connectivity index (χ2v) is 11.0. The lowest BCUT2D eigenvalue weighted by molar-refractivity contribution is -0.155. The number of phenols is 1. The quantitative estimate of drug-likeness (QED) is 0.308. The lowest BCUT2D eigenvalue weighted by Gasteiger charge is -2.50. The van der Waals surface area contributed by atoms with Crippen molar-refractivity contribution in [2.45, 2.75) is 45.4 Å². The summed E-state index contributed by atoms with van der Waals surface area (Å²) in [6.45, 7) is 4.52. The molecule has 1 saturated carbocycles. The molecule has 0 aliphatic heterocycles. The monoisotopic (exact) mass is 532 g/mol. The van der Waals surface area contributed by atoms with Crippen LogP contribution in [0.25, 0.3) is 5.76 Å². The summed E-state index contributed by atoms with van der Waals surface area (Å²) in [5.74, 6) is -7.63. The van der Waals surface area contributed by atoms with Crippen molar-refractivity contribution in [1.29, 1.82) is 0 Å². The number of ketones is 2. The van der Waals surface area contributed by atoms with Crippen molar-refractivity contribution in [2.24, 2.45) is 29.4 Å². The number of aliphatic hydroxyl groups is 3. The van der Waals surface area contributed by atoms with E-state index in [9.17, 15) is 34.8 Å². The van der Waals surface area contributed by atoms with E-state index < -0.39 is 57.9 Å². The van der Waals surface area contributed by atoms with Gasteiger partial charge in [0.15, 0.2) is 11.4 Å². The van der Waals surface area contributed by atoms with E-state index in [-0.39, 0.29) is 35.6 Å². The Morgan fingerprint density at radius 3 is 2.41 bits per heavy atom. The number of carbonyl (C=O) groups is 3. The van der Waals surface area contributed by atoms with Gasteiger partial charge in [-0.1, -0.05) is 50.2 Å². The number of fused-ring (bicyclic) bond motifs is 3. The number of nitrogens with one attached hydrogen (secondary N) is 1. The number of hydrogen-bond acceptors (Lipinski definition) is 8.